The van der Waals surface area contributed by atoms with Crippen molar-refractivity contribution in [2.45, 2.75) is 11.3 Å². The van der Waals surface area contributed by atoms with E-state index in [9.17, 15) is 13.2 Å². The Morgan fingerprint density at radius 1 is 0.794 bits per heavy atom. The summed E-state index contributed by atoms with van der Waals surface area (Å²) in [5, 5.41) is 0. The van der Waals surface area contributed by atoms with E-state index < -0.39 is 10.0 Å². The van der Waals surface area contributed by atoms with Gasteiger partial charge in [0.15, 0.2) is 11.5 Å². The van der Waals surface area contributed by atoms with Crippen molar-refractivity contribution in [1.82, 2.24) is 9.21 Å². The number of sulfonamides is 1. The van der Waals surface area contributed by atoms with Crippen molar-refractivity contribution in [3.05, 3.63) is 35.9 Å². The first-order valence-electron chi connectivity index (χ1n) is 10.6. The van der Waals surface area contributed by atoms with Gasteiger partial charge in [0.1, 0.15) is 16.4 Å². The van der Waals surface area contributed by atoms with Gasteiger partial charge in [0.05, 0.1) is 42.0 Å². The first-order valence-corrected chi connectivity index (χ1v) is 12.0. The fourth-order valence-electron chi connectivity index (χ4n) is 3.83. The van der Waals surface area contributed by atoms with Gasteiger partial charge in [0, 0.05) is 32.2 Å². The van der Waals surface area contributed by atoms with Crippen LogP contribution in [0.5, 0.6) is 28.7 Å². The molecule has 1 aliphatic heterocycles. The molecular formula is C23H30N2O8S. The summed E-state index contributed by atoms with van der Waals surface area (Å²) in [6.07, 6.45) is 0.118. The maximum atomic E-state index is 13.3. The Kier molecular flexibility index (Phi) is 8.11. The normalized spacial score (nSPS) is 14.4. The van der Waals surface area contributed by atoms with Crippen LogP contribution in [0.15, 0.2) is 35.2 Å². The van der Waals surface area contributed by atoms with Crippen molar-refractivity contribution in [1.29, 1.82) is 0 Å². The molecule has 0 radical (unpaired) electrons. The Morgan fingerprint density at radius 3 is 1.88 bits per heavy atom. The molecule has 0 spiro atoms. The van der Waals surface area contributed by atoms with Crippen LogP contribution in [0.1, 0.15) is 5.56 Å². The molecule has 10 nitrogen and oxygen atoms in total. The second-order valence-corrected chi connectivity index (χ2v) is 9.42. The largest absolute Gasteiger partial charge is 0.497 e. The Labute approximate surface area is 200 Å². The van der Waals surface area contributed by atoms with E-state index in [1.165, 1.54) is 45.9 Å². The molecule has 0 aromatic heterocycles. The molecular weight excluding hydrogens is 464 g/mol. The van der Waals surface area contributed by atoms with E-state index in [0.29, 0.717) is 28.6 Å². The van der Waals surface area contributed by atoms with Gasteiger partial charge in [-0.05, 0) is 29.8 Å². The van der Waals surface area contributed by atoms with E-state index in [1.54, 1.807) is 29.2 Å². The highest BCUT2D eigenvalue weighted by atomic mass is 32.2. The molecule has 2 aromatic rings. The molecule has 0 saturated carbocycles. The Bertz CT molecular complexity index is 1100. The Morgan fingerprint density at radius 2 is 1.38 bits per heavy atom. The number of methoxy groups -OCH3 is 5. The summed E-state index contributed by atoms with van der Waals surface area (Å²) in [7, 11) is 3.60. The zero-order valence-corrected chi connectivity index (χ0v) is 20.8. The summed E-state index contributed by atoms with van der Waals surface area (Å²) >= 11 is 0. The minimum Gasteiger partial charge on any atom is -0.497 e. The predicted molar refractivity (Wildman–Crippen MR) is 125 cm³/mol. The van der Waals surface area contributed by atoms with Crippen LogP contribution in [-0.2, 0) is 21.2 Å². The summed E-state index contributed by atoms with van der Waals surface area (Å²) in [6, 6.07) is 8.10. The van der Waals surface area contributed by atoms with Crippen molar-refractivity contribution in [2.24, 2.45) is 0 Å². The maximum absolute atomic E-state index is 13.3. The van der Waals surface area contributed by atoms with Gasteiger partial charge in [-0.2, -0.15) is 4.31 Å². The molecule has 1 fully saturated rings. The number of amides is 1. The molecule has 3 rings (SSSR count). The number of ether oxygens (including phenoxy) is 5. The van der Waals surface area contributed by atoms with Crippen molar-refractivity contribution < 1.29 is 36.9 Å². The van der Waals surface area contributed by atoms with Gasteiger partial charge in [-0.3, -0.25) is 4.79 Å². The van der Waals surface area contributed by atoms with Gasteiger partial charge in [-0.25, -0.2) is 8.42 Å². The number of piperazine rings is 1. The predicted octanol–water partition coefficient (Wildman–Crippen LogP) is 1.81. The third-order valence-electron chi connectivity index (χ3n) is 5.66. The highest BCUT2D eigenvalue weighted by Gasteiger charge is 2.32. The fraction of sp³-hybridized carbons (Fsp3) is 0.435. The maximum Gasteiger partial charge on any atom is 0.247 e. The van der Waals surface area contributed by atoms with Gasteiger partial charge < -0.3 is 28.6 Å². The van der Waals surface area contributed by atoms with E-state index in [4.69, 9.17) is 23.7 Å². The van der Waals surface area contributed by atoms with Gasteiger partial charge in [0.25, 0.3) is 0 Å². The number of hydrogen-bond donors (Lipinski definition) is 0. The lowest BCUT2D eigenvalue weighted by atomic mass is 10.1. The van der Waals surface area contributed by atoms with Crippen molar-refractivity contribution in [3.63, 3.8) is 0 Å². The third kappa shape index (κ3) is 5.15. The second kappa shape index (κ2) is 10.8. The van der Waals surface area contributed by atoms with Crippen molar-refractivity contribution in [2.75, 3.05) is 61.7 Å². The fourth-order valence-corrected chi connectivity index (χ4v) is 5.42. The van der Waals surface area contributed by atoms with Crippen LogP contribution in [0, 0.1) is 0 Å². The van der Waals surface area contributed by atoms with Crippen LogP contribution in [0.3, 0.4) is 0 Å². The zero-order valence-electron chi connectivity index (χ0n) is 20.0. The van der Waals surface area contributed by atoms with E-state index in [0.717, 1.165) is 0 Å². The van der Waals surface area contributed by atoms with Gasteiger partial charge in [-0.1, -0.05) is 0 Å². The highest BCUT2D eigenvalue weighted by molar-refractivity contribution is 7.89. The molecule has 0 unspecified atom stereocenters. The van der Waals surface area contributed by atoms with E-state index in [1.807, 2.05) is 0 Å². The Balaban J connectivity index is 1.71. The lowest BCUT2D eigenvalue weighted by molar-refractivity contribution is -0.131. The van der Waals surface area contributed by atoms with E-state index in [2.05, 4.69) is 0 Å². The van der Waals surface area contributed by atoms with E-state index >= 15 is 0 Å². The molecule has 2 aromatic carbocycles. The van der Waals surface area contributed by atoms with Crippen molar-refractivity contribution >= 4 is 15.9 Å². The molecule has 186 valence electrons. The first-order chi connectivity index (χ1) is 16.3. The average molecular weight is 495 g/mol. The molecule has 0 atom stereocenters. The smallest absolute Gasteiger partial charge is 0.247 e. The monoisotopic (exact) mass is 494 g/mol. The van der Waals surface area contributed by atoms with Crippen LogP contribution in [0.4, 0.5) is 0 Å². The van der Waals surface area contributed by atoms with Crippen LogP contribution in [-0.4, -0.2) is 85.3 Å². The SMILES string of the molecule is COc1ccc(OC)c(S(=O)(=O)N2CCN(C(=O)Cc3cc(OC)c(OC)c(OC)c3)CC2)c1. The highest BCUT2D eigenvalue weighted by Crippen LogP contribution is 2.38. The summed E-state index contributed by atoms with van der Waals surface area (Å²) in [5.41, 5.74) is 0.704. The molecule has 0 N–H and O–H groups in total. The summed E-state index contributed by atoms with van der Waals surface area (Å²) in [5.74, 6) is 1.92. The quantitative estimate of drug-likeness (QED) is 0.520. The molecule has 34 heavy (non-hydrogen) atoms. The topological polar surface area (TPSA) is 104 Å². The van der Waals surface area contributed by atoms with Crippen LogP contribution in [0.25, 0.3) is 0 Å². The third-order valence-corrected chi connectivity index (χ3v) is 7.58. The number of carbonyl (C=O) groups is 1. The van der Waals surface area contributed by atoms with Crippen molar-refractivity contribution in [3.8, 4) is 28.7 Å². The Hall–Kier alpha value is -3.18. The minimum absolute atomic E-state index is 0.0338. The molecule has 0 bridgehead atoms. The molecule has 0 aliphatic carbocycles. The minimum atomic E-state index is -3.83. The summed E-state index contributed by atoms with van der Waals surface area (Å²) in [6.45, 7) is 0.886. The standard InChI is InChI=1S/C23H30N2O8S/c1-29-17-6-7-18(30-2)21(15-17)34(27,28)25-10-8-24(9-11-25)22(26)14-16-12-19(31-3)23(33-5)20(13-16)32-4/h6-7,12-13,15H,8-11,14H2,1-5H3. The van der Waals surface area contributed by atoms with Gasteiger partial charge in [0.2, 0.25) is 21.7 Å². The lowest BCUT2D eigenvalue weighted by Crippen LogP contribution is -2.50. The molecule has 1 saturated heterocycles. The molecule has 11 heteroatoms. The number of hydrogen-bond acceptors (Lipinski definition) is 8. The van der Waals surface area contributed by atoms with E-state index in [-0.39, 0.29) is 49.2 Å². The zero-order chi connectivity index (χ0) is 24.9. The number of nitrogens with zero attached hydrogens (tertiary/aromatic N) is 2. The lowest BCUT2D eigenvalue weighted by Gasteiger charge is -2.34. The number of rotatable bonds is 9. The van der Waals surface area contributed by atoms with Gasteiger partial charge >= 0.3 is 0 Å². The molecule has 1 aliphatic rings. The van der Waals surface area contributed by atoms with Crippen LogP contribution < -0.4 is 23.7 Å². The molecule has 1 amide bonds. The number of benzene rings is 2. The van der Waals surface area contributed by atoms with Gasteiger partial charge in [-0.15, -0.1) is 0 Å². The van der Waals surface area contributed by atoms with Crippen LogP contribution in [0.2, 0.25) is 0 Å². The van der Waals surface area contributed by atoms with Crippen LogP contribution >= 0.6 is 0 Å². The second-order valence-electron chi connectivity index (χ2n) is 7.51. The average Bonchev–Trinajstić information content (AvgIpc) is 2.87. The molecule has 1 heterocycles. The first kappa shape index (κ1) is 25.4. The summed E-state index contributed by atoms with van der Waals surface area (Å²) in [4.78, 5) is 14.6. The number of carbonyl (C=O) groups excluding carboxylic acids is 1. The summed E-state index contributed by atoms with van der Waals surface area (Å²) < 4.78 is 54.3.